The molecule has 1 heterocycles. The van der Waals surface area contributed by atoms with E-state index in [0.29, 0.717) is 5.92 Å². The smallest absolute Gasteiger partial charge is 0.258 e. The van der Waals surface area contributed by atoms with Crippen molar-refractivity contribution in [2.75, 3.05) is 11.4 Å². The van der Waals surface area contributed by atoms with Crippen LogP contribution in [0.5, 0.6) is 0 Å². The highest BCUT2D eigenvalue weighted by Crippen LogP contribution is 2.45. The van der Waals surface area contributed by atoms with Gasteiger partial charge in [0.25, 0.3) is 5.91 Å². The van der Waals surface area contributed by atoms with Gasteiger partial charge in [0.1, 0.15) is 0 Å². The molecule has 0 spiro atoms. The SMILES string of the molecule is CC1=Cc2cccc3c2[C@@H](C1)CN3C(=O)c1ccccc1. The molecule has 2 heteroatoms. The van der Waals surface area contributed by atoms with Crippen molar-refractivity contribution in [3.63, 3.8) is 0 Å². The van der Waals surface area contributed by atoms with Crippen molar-refractivity contribution in [2.45, 2.75) is 19.3 Å². The summed E-state index contributed by atoms with van der Waals surface area (Å²) in [6.45, 7) is 2.97. The Morgan fingerprint density at radius 2 is 1.90 bits per heavy atom. The van der Waals surface area contributed by atoms with Crippen LogP contribution in [0.15, 0.2) is 54.1 Å². The predicted molar refractivity (Wildman–Crippen MR) is 85.6 cm³/mol. The number of carbonyl (C=O) groups is 1. The number of allylic oxidation sites excluding steroid dienone is 1. The molecule has 2 aromatic carbocycles. The maximum atomic E-state index is 12.8. The Hall–Kier alpha value is -2.35. The highest BCUT2D eigenvalue weighted by molar-refractivity contribution is 6.08. The Labute approximate surface area is 124 Å². The highest BCUT2D eigenvalue weighted by Gasteiger charge is 2.35. The summed E-state index contributed by atoms with van der Waals surface area (Å²) in [6, 6.07) is 15.8. The first kappa shape index (κ1) is 12.4. The molecule has 21 heavy (non-hydrogen) atoms. The van der Waals surface area contributed by atoms with E-state index < -0.39 is 0 Å². The van der Waals surface area contributed by atoms with E-state index in [1.165, 1.54) is 16.7 Å². The molecule has 0 unspecified atom stereocenters. The third-order valence-electron chi connectivity index (χ3n) is 4.46. The Kier molecular flexibility index (Phi) is 2.71. The minimum absolute atomic E-state index is 0.107. The van der Waals surface area contributed by atoms with Crippen LogP contribution in [-0.4, -0.2) is 12.5 Å². The maximum Gasteiger partial charge on any atom is 0.258 e. The first-order chi connectivity index (χ1) is 10.2. The van der Waals surface area contributed by atoms with Gasteiger partial charge in [-0.25, -0.2) is 0 Å². The maximum absolute atomic E-state index is 12.8. The number of nitrogens with zero attached hydrogens (tertiary/aromatic N) is 1. The largest absolute Gasteiger partial charge is 0.307 e. The lowest BCUT2D eigenvalue weighted by Gasteiger charge is -2.18. The van der Waals surface area contributed by atoms with E-state index in [-0.39, 0.29) is 5.91 Å². The Morgan fingerprint density at radius 1 is 1.10 bits per heavy atom. The van der Waals surface area contributed by atoms with Gasteiger partial charge < -0.3 is 4.90 Å². The van der Waals surface area contributed by atoms with Crippen LogP contribution in [-0.2, 0) is 0 Å². The molecule has 2 aliphatic rings. The summed E-state index contributed by atoms with van der Waals surface area (Å²) in [5.74, 6) is 0.560. The van der Waals surface area contributed by atoms with Crippen molar-refractivity contribution in [2.24, 2.45) is 0 Å². The van der Waals surface area contributed by atoms with Crippen molar-refractivity contribution in [3.8, 4) is 0 Å². The first-order valence-corrected chi connectivity index (χ1v) is 7.41. The number of rotatable bonds is 1. The molecule has 2 nitrogen and oxygen atoms in total. The van der Waals surface area contributed by atoms with Crippen molar-refractivity contribution in [3.05, 3.63) is 70.8 Å². The summed E-state index contributed by atoms with van der Waals surface area (Å²) in [5.41, 5.74) is 5.89. The van der Waals surface area contributed by atoms with Crippen LogP contribution < -0.4 is 4.90 Å². The molecule has 0 radical (unpaired) electrons. The quantitative estimate of drug-likeness (QED) is 0.762. The van der Waals surface area contributed by atoms with E-state index in [2.05, 4.69) is 31.2 Å². The third-order valence-corrected chi connectivity index (χ3v) is 4.46. The molecule has 104 valence electrons. The average molecular weight is 275 g/mol. The van der Waals surface area contributed by atoms with E-state index in [0.717, 1.165) is 24.2 Å². The van der Waals surface area contributed by atoms with Crippen LogP contribution in [0.1, 0.15) is 40.7 Å². The second-order valence-electron chi connectivity index (χ2n) is 5.95. The summed E-state index contributed by atoms with van der Waals surface area (Å²) in [6.07, 6.45) is 3.31. The fourth-order valence-electron chi connectivity index (χ4n) is 3.59. The van der Waals surface area contributed by atoms with Crippen molar-refractivity contribution in [1.29, 1.82) is 0 Å². The first-order valence-electron chi connectivity index (χ1n) is 7.41. The number of hydrogen-bond acceptors (Lipinski definition) is 1. The molecular weight excluding hydrogens is 258 g/mol. The van der Waals surface area contributed by atoms with Crippen LogP contribution in [0.2, 0.25) is 0 Å². The second-order valence-corrected chi connectivity index (χ2v) is 5.95. The van der Waals surface area contributed by atoms with Crippen LogP contribution in [0.4, 0.5) is 5.69 Å². The molecule has 2 aromatic rings. The van der Waals surface area contributed by atoms with E-state index in [9.17, 15) is 4.79 Å². The summed E-state index contributed by atoms with van der Waals surface area (Å²) in [5, 5.41) is 0. The predicted octanol–water partition coefficient (Wildman–Crippen LogP) is 4.24. The van der Waals surface area contributed by atoms with Gasteiger partial charge in [-0.05, 0) is 42.7 Å². The number of anilines is 1. The summed E-state index contributed by atoms with van der Waals surface area (Å²) in [7, 11) is 0. The molecule has 0 aromatic heterocycles. The van der Waals surface area contributed by atoms with Gasteiger partial charge in [0.2, 0.25) is 0 Å². The summed E-state index contributed by atoms with van der Waals surface area (Å²) >= 11 is 0. The van der Waals surface area contributed by atoms with Gasteiger partial charge in [0.15, 0.2) is 0 Å². The average Bonchev–Trinajstić information content (AvgIpc) is 2.87. The van der Waals surface area contributed by atoms with Crippen LogP contribution in [0.25, 0.3) is 6.08 Å². The van der Waals surface area contributed by atoms with Gasteiger partial charge in [-0.15, -0.1) is 0 Å². The van der Waals surface area contributed by atoms with Crippen LogP contribution >= 0.6 is 0 Å². The fraction of sp³-hybridized carbons (Fsp3) is 0.211. The van der Waals surface area contributed by atoms with E-state index in [4.69, 9.17) is 0 Å². The van der Waals surface area contributed by atoms with Crippen LogP contribution in [0, 0.1) is 0 Å². The van der Waals surface area contributed by atoms with Crippen molar-refractivity contribution in [1.82, 2.24) is 0 Å². The Morgan fingerprint density at radius 3 is 2.71 bits per heavy atom. The van der Waals surface area contributed by atoms with Gasteiger partial charge in [-0.3, -0.25) is 4.79 Å². The van der Waals surface area contributed by atoms with E-state index in [1.54, 1.807) is 0 Å². The lowest BCUT2D eigenvalue weighted by molar-refractivity contribution is 0.0988. The van der Waals surface area contributed by atoms with Crippen molar-refractivity contribution >= 4 is 17.7 Å². The molecule has 1 aliphatic carbocycles. The van der Waals surface area contributed by atoms with E-state index >= 15 is 0 Å². The van der Waals surface area contributed by atoms with Gasteiger partial charge in [0.05, 0.1) is 0 Å². The lowest BCUT2D eigenvalue weighted by Crippen LogP contribution is -2.29. The van der Waals surface area contributed by atoms with E-state index in [1.807, 2.05) is 35.2 Å². The van der Waals surface area contributed by atoms with Gasteiger partial charge in [0, 0.05) is 23.7 Å². The third kappa shape index (κ3) is 1.90. The molecule has 1 aliphatic heterocycles. The molecule has 1 amide bonds. The van der Waals surface area contributed by atoms with Gasteiger partial charge in [-0.1, -0.05) is 42.0 Å². The molecule has 0 bridgehead atoms. The molecule has 0 fully saturated rings. The number of hydrogen-bond donors (Lipinski definition) is 0. The second kappa shape index (κ2) is 4.59. The fourth-order valence-corrected chi connectivity index (χ4v) is 3.59. The summed E-state index contributed by atoms with van der Waals surface area (Å²) in [4.78, 5) is 14.7. The zero-order valence-electron chi connectivity index (χ0n) is 12.0. The zero-order chi connectivity index (χ0) is 14.4. The van der Waals surface area contributed by atoms with Gasteiger partial charge >= 0.3 is 0 Å². The topological polar surface area (TPSA) is 20.3 Å². The molecule has 0 N–H and O–H groups in total. The minimum atomic E-state index is 0.107. The summed E-state index contributed by atoms with van der Waals surface area (Å²) < 4.78 is 0. The molecule has 0 saturated heterocycles. The van der Waals surface area contributed by atoms with Gasteiger partial charge in [-0.2, -0.15) is 0 Å². The lowest BCUT2D eigenvalue weighted by atomic mass is 9.85. The Balaban J connectivity index is 1.78. The Bertz CT molecular complexity index is 745. The monoisotopic (exact) mass is 275 g/mol. The van der Waals surface area contributed by atoms with Crippen molar-refractivity contribution < 1.29 is 4.79 Å². The molecule has 0 saturated carbocycles. The zero-order valence-corrected chi connectivity index (χ0v) is 12.0. The molecular formula is C19H17NO. The number of amides is 1. The molecule has 4 rings (SSSR count). The standard InChI is InChI=1S/C19H17NO/c1-13-10-15-8-5-9-17-18(15)16(11-13)12-20(17)19(21)14-6-3-2-4-7-14/h2-10,16H,11-12H2,1H3/t16-/m0/s1. The minimum Gasteiger partial charge on any atom is -0.307 e. The number of benzene rings is 2. The van der Waals surface area contributed by atoms with Crippen LogP contribution in [0.3, 0.4) is 0 Å². The molecule has 1 atom stereocenters. The number of carbonyl (C=O) groups excluding carboxylic acids is 1. The normalized spacial score (nSPS) is 19.2. The highest BCUT2D eigenvalue weighted by atomic mass is 16.2.